The number of nitrogens with two attached hydrogens (primary N) is 1. The molecule has 0 bridgehead atoms. The number of rotatable bonds is 4. The molecule has 0 aromatic heterocycles. The molecule has 1 fully saturated rings. The van der Waals surface area contributed by atoms with Gasteiger partial charge in [-0.25, -0.2) is 0 Å². The normalized spacial score (nSPS) is 16.1. The quantitative estimate of drug-likeness (QED) is 0.767. The molecular weight excluding hydrogens is 341 g/mol. The van der Waals surface area contributed by atoms with Crippen LogP contribution in [0.2, 0.25) is 5.02 Å². The van der Waals surface area contributed by atoms with Crippen molar-refractivity contribution in [2.75, 3.05) is 30.4 Å². The van der Waals surface area contributed by atoms with Gasteiger partial charge in [0.2, 0.25) is 11.8 Å². The molecule has 23 heavy (non-hydrogen) atoms. The molecule has 0 saturated carbocycles. The predicted octanol–water partition coefficient (Wildman–Crippen LogP) is 2.41. The van der Waals surface area contributed by atoms with Gasteiger partial charge in [-0.05, 0) is 31.0 Å². The summed E-state index contributed by atoms with van der Waals surface area (Å²) < 4.78 is 5.30. The summed E-state index contributed by atoms with van der Waals surface area (Å²) in [7, 11) is 0. The first-order chi connectivity index (χ1) is 10.5. The van der Waals surface area contributed by atoms with Crippen molar-refractivity contribution in [1.82, 2.24) is 0 Å². The molecule has 0 atom stereocenters. The van der Waals surface area contributed by atoms with Crippen LogP contribution in [-0.2, 0) is 14.3 Å². The number of anilines is 2. The summed E-state index contributed by atoms with van der Waals surface area (Å²) in [5.74, 6) is -0.359. The highest BCUT2D eigenvalue weighted by molar-refractivity contribution is 6.34. The highest BCUT2D eigenvalue weighted by Crippen LogP contribution is 2.33. The lowest BCUT2D eigenvalue weighted by molar-refractivity contribution is -0.130. The molecule has 6 nitrogen and oxygen atoms in total. The number of ether oxygens (including phenoxy) is 1. The maximum absolute atomic E-state index is 12.6. The first-order valence-corrected chi connectivity index (χ1v) is 7.51. The summed E-state index contributed by atoms with van der Waals surface area (Å²) in [5.41, 5.74) is 6.21. The first kappa shape index (κ1) is 19.7. The van der Waals surface area contributed by atoms with Crippen molar-refractivity contribution in [1.29, 1.82) is 0 Å². The lowest BCUT2D eigenvalue weighted by Gasteiger charge is -2.34. The zero-order chi connectivity index (χ0) is 16.2. The van der Waals surface area contributed by atoms with Crippen LogP contribution in [0.15, 0.2) is 18.2 Å². The Labute approximate surface area is 146 Å². The van der Waals surface area contributed by atoms with Gasteiger partial charge < -0.3 is 21.1 Å². The van der Waals surface area contributed by atoms with E-state index in [2.05, 4.69) is 10.6 Å². The zero-order valence-corrected chi connectivity index (χ0v) is 14.4. The second-order valence-corrected chi connectivity index (χ2v) is 5.83. The topological polar surface area (TPSA) is 93.5 Å². The molecule has 1 heterocycles. The molecule has 0 radical (unpaired) electrons. The second-order valence-electron chi connectivity index (χ2n) is 5.43. The van der Waals surface area contributed by atoms with Crippen molar-refractivity contribution < 1.29 is 14.3 Å². The van der Waals surface area contributed by atoms with E-state index in [4.69, 9.17) is 22.1 Å². The van der Waals surface area contributed by atoms with Crippen molar-refractivity contribution in [3.05, 3.63) is 23.2 Å². The number of hydrogen-bond donors (Lipinski definition) is 3. The molecule has 1 aliphatic heterocycles. The molecule has 8 heteroatoms. The summed E-state index contributed by atoms with van der Waals surface area (Å²) >= 11 is 6.12. The molecule has 0 spiro atoms. The van der Waals surface area contributed by atoms with E-state index in [0.717, 1.165) is 0 Å². The molecule has 0 unspecified atom stereocenters. The van der Waals surface area contributed by atoms with Gasteiger partial charge in [0.05, 0.1) is 16.1 Å². The predicted molar refractivity (Wildman–Crippen MR) is 93.2 cm³/mol. The summed E-state index contributed by atoms with van der Waals surface area (Å²) in [6.07, 6.45) is 1.16. The van der Waals surface area contributed by atoms with Crippen molar-refractivity contribution in [2.45, 2.75) is 19.8 Å². The fourth-order valence-corrected chi connectivity index (χ4v) is 2.61. The van der Waals surface area contributed by atoms with Crippen LogP contribution in [0.1, 0.15) is 19.8 Å². The monoisotopic (exact) mass is 361 g/mol. The molecule has 2 amide bonds. The minimum atomic E-state index is -0.633. The van der Waals surface area contributed by atoms with E-state index in [1.54, 1.807) is 18.2 Å². The number of carbonyl (C=O) groups is 2. The van der Waals surface area contributed by atoms with Crippen LogP contribution in [0.25, 0.3) is 0 Å². The van der Waals surface area contributed by atoms with Gasteiger partial charge in [-0.1, -0.05) is 11.6 Å². The SMILES string of the molecule is CC(=O)Nc1ccc(Cl)c(NC(=O)C2(CN)CCOCC2)c1.Cl. The number of carbonyl (C=O) groups excluding carboxylic acids is 2. The standard InChI is InChI=1S/C15H20ClN3O3.ClH/c1-10(20)18-11-2-3-12(16)13(8-11)19-14(21)15(9-17)4-6-22-7-5-15;/h2-3,8H,4-7,9,17H2,1H3,(H,18,20)(H,19,21);1H. The van der Waals surface area contributed by atoms with Crippen LogP contribution >= 0.6 is 24.0 Å². The largest absolute Gasteiger partial charge is 0.381 e. The molecule has 1 aliphatic rings. The van der Waals surface area contributed by atoms with Crippen LogP contribution in [0, 0.1) is 5.41 Å². The Morgan fingerprint density at radius 3 is 2.52 bits per heavy atom. The Balaban J connectivity index is 0.00000264. The Hall–Kier alpha value is -1.34. The van der Waals surface area contributed by atoms with Gasteiger partial charge in [-0.2, -0.15) is 0 Å². The number of nitrogens with one attached hydrogen (secondary N) is 2. The maximum atomic E-state index is 12.6. The Bertz CT molecular complexity index is 575. The number of amides is 2. The smallest absolute Gasteiger partial charge is 0.232 e. The number of halogens is 2. The highest BCUT2D eigenvalue weighted by Gasteiger charge is 2.39. The van der Waals surface area contributed by atoms with Gasteiger partial charge in [-0.15, -0.1) is 12.4 Å². The third-order valence-corrected chi connectivity index (χ3v) is 4.19. The molecule has 1 aromatic carbocycles. The van der Waals surface area contributed by atoms with Gasteiger partial charge >= 0.3 is 0 Å². The lowest BCUT2D eigenvalue weighted by atomic mass is 9.79. The van der Waals surface area contributed by atoms with Gasteiger partial charge in [0.15, 0.2) is 0 Å². The average Bonchev–Trinajstić information content (AvgIpc) is 2.50. The molecule has 4 N–H and O–H groups in total. The summed E-state index contributed by atoms with van der Waals surface area (Å²) in [4.78, 5) is 23.7. The molecule has 1 aromatic rings. The van der Waals surface area contributed by atoms with E-state index in [9.17, 15) is 9.59 Å². The fourth-order valence-electron chi connectivity index (χ4n) is 2.44. The highest BCUT2D eigenvalue weighted by atomic mass is 35.5. The van der Waals surface area contributed by atoms with Crippen LogP contribution in [0.3, 0.4) is 0 Å². The molecule has 128 valence electrons. The fraction of sp³-hybridized carbons (Fsp3) is 0.467. The van der Waals surface area contributed by atoms with Crippen LogP contribution < -0.4 is 16.4 Å². The van der Waals surface area contributed by atoms with E-state index in [1.807, 2.05) is 0 Å². The molecule has 0 aliphatic carbocycles. The zero-order valence-electron chi connectivity index (χ0n) is 12.9. The number of hydrogen-bond acceptors (Lipinski definition) is 4. The maximum Gasteiger partial charge on any atom is 0.232 e. The van der Waals surface area contributed by atoms with Crippen molar-refractivity contribution in [3.63, 3.8) is 0 Å². The lowest BCUT2D eigenvalue weighted by Crippen LogP contribution is -2.46. The molecular formula is C15H21Cl2N3O3. The van der Waals surface area contributed by atoms with E-state index in [0.29, 0.717) is 42.5 Å². The summed E-state index contributed by atoms with van der Waals surface area (Å²) in [5, 5.41) is 5.89. The van der Waals surface area contributed by atoms with E-state index < -0.39 is 5.41 Å². The minimum Gasteiger partial charge on any atom is -0.381 e. The van der Waals surface area contributed by atoms with Gasteiger partial charge in [0, 0.05) is 32.4 Å². The third-order valence-electron chi connectivity index (χ3n) is 3.86. The van der Waals surface area contributed by atoms with E-state index in [1.165, 1.54) is 6.92 Å². The average molecular weight is 362 g/mol. The van der Waals surface area contributed by atoms with Gasteiger partial charge in [-0.3, -0.25) is 9.59 Å². The van der Waals surface area contributed by atoms with Crippen LogP contribution in [-0.4, -0.2) is 31.6 Å². The summed E-state index contributed by atoms with van der Waals surface area (Å²) in [6, 6.07) is 4.93. The second kappa shape index (κ2) is 8.49. The van der Waals surface area contributed by atoms with Crippen LogP contribution in [0.5, 0.6) is 0 Å². The van der Waals surface area contributed by atoms with Crippen molar-refractivity contribution in [2.24, 2.45) is 11.1 Å². The number of benzene rings is 1. The van der Waals surface area contributed by atoms with Gasteiger partial charge in [0.1, 0.15) is 0 Å². The van der Waals surface area contributed by atoms with E-state index in [-0.39, 0.29) is 30.8 Å². The molecule has 2 rings (SSSR count). The minimum absolute atomic E-state index is 0. The Morgan fingerprint density at radius 1 is 1.30 bits per heavy atom. The van der Waals surface area contributed by atoms with Gasteiger partial charge in [0.25, 0.3) is 0 Å². The Kier molecular flexibility index (Phi) is 7.28. The first-order valence-electron chi connectivity index (χ1n) is 7.13. The van der Waals surface area contributed by atoms with Crippen molar-refractivity contribution in [3.8, 4) is 0 Å². The van der Waals surface area contributed by atoms with Crippen molar-refractivity contribution >= 4 is 47.2 Å². The van der Waals surface area contributed by atoms with E-state index >= 15 is 0 Å². The Morgan fingerprint density at radius 2 is 1.96 bits per heavy atom. The van der Waals surface area contributed by atoms with Crippen LogP contribution in [0.4, 0.5) is 11.4 Å². The summed E-state index contributed by atoms with van der Waals surface area (Å²) in [6.45, 7) is 2.71. The third kappa shape index (κ3) is 4.81. The molecule has 1 saturated heterocycles.